The fourth-order valence-electron chi connectivity index (χ4n) is 1.96. The zero-order valence-corrected chi connectivity index (χ0v) is 10.3. The molecule has 0 bridgehead atoms. The molecule has 2 N–H and O–H groups in total. The number of aliphatic hydroxyl groups is 2. The van der Waals surface area contributed by atoms with E-state index < -0.39 is 0 Å². The lowest BCUT2D eigenvalue weighted by Crippen LogP contribution is -2.51. The minimum Gasteiger partial charge on any atom is -0.395 e. The Balaban J connectivity index is 2.51. The Morgan fingerprint density at radius 1 is 1.29 bits per heavy atom. The van der Waals surface area contributed by atoms with Gasteiger partial charge in [0.25, 0.3) is 0 Å². The molecule has 1 rings (SSSR count). The van der Waals surface area contributed by atoms with Crippen molar-refractivity contribution in [3.63, 3.8) is 0 Å². The van der Waals surface area contributed by atoms with E-state index in [1.807, 2.05) is 6.92 Å². The molecule has 0 aliphatic carbocycles. The second kappa shape index (κ2) is 7.60. The zero-order valence-electron chi connectivity index (χ0n) is 10.3. The van der Waals surface area contributed by atoms with E-state index in [-0.39, 0.29) is 25.2 Å². The summed E-state index contributed by atoms with van der Waals surface area (Å²) < 4.78 is 5.20. The number of aliphatic hydroxyl groups excluding tert-OH is 2. The number of carbonyl (C=O) groups excluding carboxylic acids is 1. The number of carbonyl (C=O) groups is 1. The summed E-state index contributed by atoms with van der Waals surface area (Å²) in [7, 11) is 0. The Labute approximate surface area is 102 Å². The van der Waals surface area contributed by atoms with E-state index in [0.29, 0.717) is 39.4 Å². The lowest BCUT2D eigenvalue weighted by atomic mass is 10.2. The Hall–Kier alpha value is -0.690. The van der Waals surface area contributed by atoms with Crippen LogP contribution in [0.1, 0.15) is 6.92 Å². The van der Waals surface area contributed by atoms with Crippen molar-refractivity contribution in [2.75, 3.05) is 52.6 Å². The van der Waals surface area contributed by atoms with Crippen LogP contribution < -0.4 is 0 Å². The predicted molar refractivity (Wildman–Crippen MR) is 62.6 cm³/mol. The molecule has 1 fully saturated rings. The van der Waals surface area contributed by atoms with Crippen molar-refractivity contribution >= 4 is 5.91 Å². The van der Waals surface area contributed by atoms with Crippen LogP contribution in [0.15, 0.2) is 0 Å². The van der Waals surface area contributed by atoms with Crippen LogP contribution in [0.5, 0.6) is 0 Å². The van der Waals surface area contributed by atoms with Gasteiger partial charge in [-0.15, -0.1) is 0 Å². The number of hydrogen-bond acceptors (Lipinski definition) is 5. The molecule has 6 nitrogen and oxygen atoms in total. The minimum absolute atomic E-state index is 0.0132. The summed E-state index contributed by atoms with van der Waals surface area (Å²) in [4.78, 5) is 15.7. The van der Waals surface area contributed by atoms with Crippen LogP contribution in [-0.2, 0) is 9.53 Å². The number of hydrogen-bond donors (Lipinski definition) is 2. The Morgan fingerprint density at radius 3 is 2.29 bits per heavy atom. The summed E-state index contributed by atoms with van der Waals surface area (Å²) >= 11 is 0. The van der Waals surface area contributed by atoms with Gasteiger partial charge in [0, 0.05) is 26.2 Å². The smallest absolute Gasteiger partial charge is 0.239 e. The van der Waals surface area contributed by atoms with Crippen molar-refractivity contribution in [3.05, 3.63) is 0 Å². The quantitative estimate of drug-likeness (QED) is 0.598. The molecule has 0 radical (unpaired) electrons. The molecule has 0 aromatic heterocycles. The van der Waals surface area contributed by atoms with E-state index in [9.17, 15) is 4.79 Å². The standard InChI is InChI=1S/C11H22N2O4/c1-10(12(2-6-14)3-7-15)11(16)13-4-8-17-9-5-13/h10,14-15H,2-9H2,1H3/t10-/m0/s1. The molecular weight excluding hydrogens is 224 g/mol. The van der Waals surface area contributed by atoms with Crippen molar-refractivity contribution in [1.82, 2.24) is 9.80 Å². The highest BCUT2D eigenvalue weighted by Gasteiger charge is 2.26. The maximum atomic E-state index is 12.2. The fraction of sp³-hybridized carbons (Fsp3) is 0.909. The van der Waals surface area contributed by atoms with Gasteiger partial charge in [-0.1, -0.05) is 0 Å². The second-order valence-corrected chi connectivity index (χ2v) is 4.10. The number of nitrogens with zero attached hydrogens (tertiary/aromatic N) is 2. The summed E-state index contributed by atoms with van der Waals surface area (Å²) in [6.45, 7) is 4.99. The molecule has 1 aliphatic rings. The van der Waals surface area contributed by atoms with Crippen LogP contribution in [0.3, 0.4) is 0 Å². The largest absolute Gasteiger partial charge is 0.395 e. The van der Waals surface area contributed by atoms with Gasteiger partial charge in [-0.05, 0) is 6.92 Å². The third-order valence-corrected chi connectivity index (χ3v) is 3.00. The van der Waals surface area contributed by atoms with E-state index in [1.165, 1.54) is 0 Å². The molecule has 1 atom stereocenters. The fourth-order valence-corrected chi connectivity index (χ4v) is 1.96. The molecular formula is C11H22N2O4. The number of amides is 1. The molecule has 0 aromatic carbocycles. The average molecular weight is 246 g/mol. The van der Waals surface area contributed by atoms with Crippen LogP contribution in [0.2, 0.25) is 0 Å². The maximum absolute atomic E-state index is 12.2. The molecule has 1 saturated heterocycles. The number of morpholine rings is 1. The topological polar surface area (TPSA) is 73.2 Å². The number of rotatable bonds is 6. The maximum Gasteiger partial charge on any atom is 0.239 e. The highest BCUT2D eigenvalue weighted by Crippen LogP contribution is 2.06. The first kappa shape index (κ1) is 14.4. The van der Waals surface area contributed by atoms with E-state index in [0.717, 1.165) is 0 Å². The summed E-state index contributed by atoms with van der Waals surface area (Å²) in [6.07, 6.45) is 0. The third-order valence-electron chi connectivity index (χ3n) is 3.00. The molecule has 1 heterocycles. The molecule has 0 aromatic rings. The molecule has 0 spiro atoms. The monoisotopic (exact) mass is 246 g/mol. The van der Waals surface area contributed by atoms with Crippen LogP contribution in [-0.4, -0.2) is 84.6 Å². The first-order chi connectivity index (χ1) is 8.20. The zero-order chi connectivity index (χ0) is 12.7. The van der Waals surface area contributed by atoms with Gasteiger partial charge in [0.05, 0.1) is 32.5 Å². The van der Waals surface area contributed by atoms with Crippen molar-refractivity contribution in [2.45, 2.75) is 13.0 Å². The first-order valence-corrected chi connectivity index (χ1v) is 6.03. The van der Waals surface area contributed by atoms with Gasteiger partial charge >= 0.3 is 0 Å². The minimum atomic E-state index is -0.313. The van der Waals surface area contributed by atoms with Crippen molar-refractivity contribution in [1.29, 1.82) is 0 Å². The Bertz CT molecular complexity index is 226. The Morgan fingerprint density at radius 2 is 1.82 bits per heavy atom. The lowest BCUT2D eigenvalue weighted by Gasteiger charge is -2.33. The molecule has 0 saturated carbocycles. The van der Waals surface area contributed by atoms with Gasteiger partial charge in [-0.3, -0.25) is 9.69 Å². The second-order valence-electron chi connectivity index (χ2n) is 4.10. The van der Waals surface area contributed by atoms with Crippen LogP contribution in [0, 0.1) is 0 Å². The van der Waals surface area contributed by atoms with E-state index in [4.69, 9.17) is 14.9 Å². The molecule has 17 heavy (non-hydrogen) atoms. The third kappa shape index (κ3) is 4.23. The summed E-state index contributed by atoms with van der Waals surface area (Å²) in [5.41, 5.74) is 0. The van der Waals surface area contributed by atoms with Gasteiger partial charge < -0.3 is 19.8 Å². The van der Waals surface area contributed by atoms with Crippen molar-refractivity contribution in [2.24, 2.45) is 0 Å². The van der Waals surface area contributed by atoms with E-state index in [1.54, 1.807) is 9.80 Å². The SMILES string of the molecule is C[C@@H](C(=O)N1CCOCC1)N(CCO)CCO. The van der Waals surface area contributed by atoms with Crippen LogP contribution in [0.4, 0.5) is 0 Å². The molecule has 1 amide bonds. The van der Waals surface area contributed by atoms with Gasteiger partial charge in [-0.25, -0.2) is 0 Å². The summed E-state index contributed by atoms with van der Waals surface area (Å²) in [5, 5.41) is 17.9. The highest BCUT2D eigenvalue weighted by molar-refractivity contribution is 5.81. The number of ether oxygens (including phenoxy) is 1. The van der Waals surface area contributed by atoms with Gasteiger partial charge in [0.2, 0.25) is 5.91 Å². The highest BCUT2D eigenvalue weighted by atomic mass is 16.5. The van der Waals surface area contributed by atoms with E-state index >= 15 is 0 Å². The summed E-state index contributed by atoms with van der Waals surface area (Å²) in [5.74, 6) is 0.0372. The molecule has 6 heteroatoms. The van der Waals surface area contributed by atoms with Crippen LogP contribution in [0.25, 0.3) is 0 Å². The van der Waals surface area contributed by atoms with Gasteiger partial charge in [-0.2, -0.15) is 0 Å². The lowest BCUT2D eigenvalue weighted by molar-refractivity contribution is -0.140. The Kier molecular flexibility index (Phi) is 6.43. The average Bonchev–Trinajstić information content (AvgIpc) is 2.38. The normalized spacial score (nSPS) is 18.5. The van der Waals surface area contributed by atoms with Crippen LogP contribution >= 0.6 is 0 Å². The van der Waals surface area contributed by atoms with Gasteiger partial charge in [0.15, 0.2) is 0 Å². The first-order valence-electron chi connectivity index (χ1n) is 6.03. The molecule has 100 valence electrons. The van der Waals surface area contributed by atoms with Gasteiger partial charge in [0.1, 0.15) is 0 Å². The molecule has 1 aliphatic heterocycles. The van der Waals surface area contributed by atoms with Crippen molar-refractivity contribution < 1.29 is 19.7 Å². The van der Waals surface area contributed by atoms with E-state index in [2.05, 4.69) is 0 Å². The predicted octanol–water partition coefficient (Wildman–Crippen LogP) is -1.48. The molecule has 0 unspecified atom stereocenters. The summed E-state index contributed by atoms with van der Waals surface area (Å²) in [6, 6.07) is -0.313. The van der Waals surface area contributed by atoms with Crippen molar-refractivity contribution in [3.8, 4) is 0 Å².